The molecule has 3 rings (SSSR count). The lowest BCUT2D eigenvalue weighted by molar-refractivity contribution is -0.139. The van der Waals surface area contributed by atoms with Crippen molar-refractivity contribution in [3.8, 4) is 0 Å². The Kier molecular flexibility index (Phi) is 6.68. The molecule has 0 radical (unpaired) electrons. The number of esters is 2. The summed E-state index contributed by atoms with van der Waals surface area (Å²) in [5.74, 6) is -2.48. The van der Waals surface area contributed by atoms with Gasteiger partial charge >= 0.3 is 18.0 Å². The van der Waals surface area contributed by atoms with Gasteiger partial charge in [-0.15, -0.1) is 0 Å². The molecular formula is C21H18ClFN2O5. The topological polar surface area (TPSA) is 93.7 Å². The van der Waals surface area contributed by atoms with Gasteiger partial charge in [0.05, 0.1) is 29.5 Å². The van der Waals surface area contributed by atoms with Crippen molar-refractivity contribution < 1.29 is 28.2 Å². The maximum atomic E-state index is 13.9. The van der Waals surface area contributed by atoms with Crippen molar-refractivity contribution in [2.45, 2.75) is 13.0 Å². The zero-order chi connectivity index (χ0) is 21.7. The minimum Gasteiger partial charge on any atom is -0.463 e. The van der Waals surface area contributed by atoms with E-state index in [0.29, 0.717) is 5.56 Å². The van der Waals surface area contributed by atoms with Crippen molar-refractivity contribution in [1.29, 1.82) is 0 Å². The van der Waals surface area contributed by atoms with Crippen LogP contribution in [0.3, 0.4) is 0 Å². The maximum Gasteiger partial charge on any atom is 0.341 e. The van der Waals surface area contributed by atoms with Gasteiger partial charge in [-0.1, -0.05) is 41.9 Å². The first kappa shape index (κ1) is 21.3. The number of ether oxygens (including phenoxy) is 2. The third-order valence-electron chi connectivity index (χ3n) is 4.28. The fourth-order valence-corrected chi connectivity index (χ4v) is 3.12. The first-order valence-corrected chi connectivity index (χ1v) is 9.43. The van der Waals surface area contributed by atoms with Gasteiger partial charge in [0.2, 0.25) is 0 Å². The van der Waals surface area contributed by atoms with Crippen molar-refractivity contribution in [3.63, 3.8) is 0 Å². The molecule has 2 aromatic rings. The Morgan fingerprint density at radius 1 is 1.10 bits per heavy atom. The molecule has 7 nitrogen and oxygen atoms in total. The van der Waals surface area contributed by atoms with Crippen LogP contribution in [-0.2, 0) is 14.3 Å². The Balaban J connectivity index is 1.93. The average molecular weight is 433 g/mol. The first-order valence-electron chi connectivity index (χ1n) is 9.05. The molecule has 0 fully saturated rings. The summed E-state index contributed by atoms with van der Waals surface area (Å²) >= 11 is 5.81. The summed E-state index contributed by atoms with van der Waals surface area (Å²) < 4.78 is 24.2. The zero-order valence-electron chi connectivity index (χ0n) is 15.9. The van der Waals surface area contributed by atoms with Gasteiger partial charge in [-0.25, -0.2) is 18.8 Å². The number of benzene rings is 2. The highest BCUT2D eigenvalue weighted by Gasteiger charge is 2.34. The Bertz CT molecular complexity index is 1010. The average Bonchev–Trinajstić information content (AvgIpc) is 2.74. The molecule has 1 unspecified atom stereocenters. The van der Waals surface area contributed by atoms with Crippen LogP contribution in [0.25, 0.3) is 0 Å². The number of carbonyl (C=O) groups excluding carboxylic acids is 3. The molecule has 30 heavy (non-hydrogen) atoms. The number of urea groups is 1. The summed E-state index contributed by atoms with van der Waals surface area (Å²) in [5.41, 5.74) is 0.407. The molecule has 1 atom stereocenters. The highest BCUT2D eigenvalue weighted by molar-refractivity contribution is 6.30. The normalized spacial score (nSPS) is 15.8. The van der Waals surface area contributed by atoms with E-state index in [1.54, 1.807) is 37.3 Å². The van der Waals surface area contributed by atoms with E-state index in [-0.39, 0.29) is 28.5 Å². The van der Waals surface area contributed by atoms with Crippen LogP contribution in [-0.4, -0.2) is 31.2 Å². The number of nitrogens with one attached hydrogen (secondary N) is 2. The Labute approximate surface area is 176 Å². The van der Waals surface area contributed by atoms with Crippen LogP contribution in [0.1, 0.15) is 28.9 Å². The Hall–Kier alpha value is -3.39. The molecule has 2 N–H and O–H groups in total. The van der Waals surface area contributed by atoms with Gasteiger partial charge in [0.1, 0.15) is 12.4 Å². The fourth-order valence-electron chi connectivity index (χ4n) is 2.95. The first-order chi connectivity index (χ1) is 14.4. The van der Waals surface area contributed by atoms with Gasteiger partial charge in [0, 0.05) is 5.02 Å². The van der Waals surface area contributed by atoms with E-state index in [9.17, 15) is 18.8 Å². The van der Waals surface area contributed by atoms with E-state index in [0.717, 1.165) is 12.1 Å². The lowest BCUT2D eigenvalue weighted by Gasteiger charge is -2.29. The predicted octanol–water partition coefficient (Wildman–Crippen LogP) is 3.51. The second-order valence-electron chi connectivity index (χ2n) is 6.26. The Morgan fingerprint density at radius 3 is 2.53 bits per heavy atom. The minimum absolute atomic E-state index is 0.0434. The molecule has 0 spiro atoms. The predicted molar refractivity (Wildman–Crippen MR) is 106 cm³/mol. The van der Waals surface area contributed by atoms with E-state index in [1.807, 2.05) is 0 Å². The van der Waals surface area contributed by atoms with Crippen LogP contribution in [0, 0.1) is 5.82 Å². The van der Waals surface area contributed by atoms with Gasteiger partial charge < -0.3 is 20.1 Å². The largest absolute Gasteiger partial charge is 0.463 e. The fraction of sp³-hybridized carbons (Fsp3) is 0.190. The van der Waals surface area contributed by atoms with Crippen molar-refractivity contribution in [2.24, 2.45) is 0 Å². The third-order valence-corrected chi connectivity index (χ3v) is 4.51. The summed E-state index contributed by atoms with van der Waals surface area (Å²) in [6.07, 6.45) is 0. The third kappa shape index (κ3) is 4.77. The van der Waals surface area contributed by atoms with E-state index < -0.39 is 36.4 Å². The molecule has 1 aliphatic rings. The second kappa shape index (κ2) is 9.41. The molecule has 0 aromatic heterocycles. The van der Waals surface area contributed by atoms with E-state index in [1.165, 1.54) is 6.07 Å². The molecule has 0 aliphatic carbocycles. The lowest BCUT2D eigenvalue weighted by Crippen LogP contribution is -2.47. The van der Waals surface area contributed by atoms with Crippen molar-refractivity contribution in [3.05, 3.63) is 81.8 Å². The molecule has 9 heteroatoms. The SMILES string of the molecule is CCOC(=O)C1=C(COC(=O)c2cc(Cl)ccc2F)NC(=O)NC1c1ccccc1. The number of carbonyl (C=O) groups is 3. The lowest BCUT2D eigenvalue weighted by atomic mass is 9.95. The number of rotatable bonds is 6. The standard InChI is InChI=1S/C21H18ClFN2O5/c1-2-29-20(27)17-16(11-30-19(26)14-10-13(22)8-9-15(14)23)24-21(28)25-18(17)12-6-4-3-5-7-12/h3-10,18H,2,11H2,1H3,(H2,24,25,28). The van der Waals surface area contributed by atoms with Gasteiger partial charge in [0.15, 0.2) is 0 Å². The van der Waals surface area contributed by atoms with Gasteiger partial charge in [-0.05, 0) is 30.7 Å². The van der Waals surface area contributed by atoms with Gasteiger partial charge in [-0.2, -0.15) is 0 Å². The molecule has 156 valence electrons. The summed E-state index contributed by atoms with van der Waals surface area (Å²) in [7, 11) is 0. The Morgan fingerprint density at radius 2 is 1.83 bits per heavy atom. The van der Waals surface area contributed by atoms with Gasteiger partial charge in [0.25, 0.3) is 0 Å². The highest BCUT2D eigenvalue weighted by Crippen LogP contribution is 2.28. The smallest absolute Gasteiger partial charge is 0.341 e. The number of hydrogen-bond acceptors (Lipinski definition) is 5. The van der Waals surface area contributed by atoms with Crippen LogP contribution in [0.2, 0.25) is 5.02 Å². The van der Waals surface area contributed by atoms with E-state index in [2.05, 4.69) is 10.6 Å². The van der Waals surface area contributed by atoms with Crippen LogP contribution in [0.5, 0.6) is 0 Å². The molecule has 1 aliphatic heterocycles. The number of halogens is 2. The van der Waals surface area contributed by atoms with Crippen molar-refractivity contribution in [1.82, 2.24) is 10.6 Å². The maximum absolute atomic E-state index is 13.9. The molecule has 2 aromatic carbocycles. The molecule has 0 bridgehead atoms. The monoisotopic (exact) mass is 432 g/mol. The van der Waals surface area contributed by atoms with Crippen LogP contribution in [0.15, 0.2) is 59.8 Å². The summed E-state index contributed by atoms with van der Waals surface area (Å²) in [4.78, 5) is 37.1. The van der Waals surface area contributed by atoms with E-state index in [4.69, 9.17) is 21.1 Å². The van der Waals surface area contributed by atoms with E-state index >= 15 is 0 Å². The zero-order valence-corrected chi connectivity index (χ0v) is 16.7. The minimum atomic E-state index is -0.991. The van der Waals surface area contributed by atoms with Crippen LogP contribution in [0.4, 0.5) is 9.18 Å². The van der Waals surface area contributed by atoms with Crippen LogP contribution < -0.4 is 10.6 Å². The van der Waals surface area contributed by atoms with Gasteiger partial charge in [-0.3, -0.25) is 0 Å². The van der Waals surface area contributed by atoms with Crippen LogP contribution >= 0.6 is 11.6 Å². The number of amides is 2. The summed E-state index contributed by atoms with van der Waals surface area (Å²) in [6.45, 7) is 1.28. The second-order valence-corrected chi connectivity index (χ2v) is 6.69. The van der Waals surface area contributed by atoms with Crippen molar-refractivity contribution >= 4 is 29.6 Å². The summed E-state index contributed by atoms with van der Waals surface area (Å²) in [6, 6.07) is 10.9. The molecular weight excluding hydrogens is 415 g/mol. The quantitative estimate of drug-likeness (QED) is 0.681. The molecule has 0 saturated carbocycles. The molecule has 0 saturated heterocycles. The van der Waals surface area contributed by atoms with Crippen molar-refractivity contribution in [2.75, 3.05) is 13.2 Å². The summed E-state index contributed by atoms with van der Waals surface area (Å²) in [5, 5.41) is 5.29. The molecule has 2 amide bonds. The highest BCUT2D eigenvalue weighted by atomic mass is 35.5. The molecule has 1 heterocycles. The number of hydrogen-bond donors (Lipinski definition) is 2.